The Morgan fingerprint density at radius 3 is 2.72 bits per heavy atom. The molecule has 0 aliphatic carbocycles. The van der Waals surface area contributed by atoms with Crippen molar-refractivity contribution in [1.82, 2.24) is 0 Å². The lowest BCUT2D eigenvalue weighted by Gasteiger charge is -2.09. The average molecular weight is 239 g/mol. The van der Waals surface area contributed by atoms with Crippen molar-refractivity contribution in [2.45, 2.75) is 13.5 Å². The fraction of sp³-hybridized carbons (Fsp3) is 0.133. The smallest absolute Gasteiger partial charge is 0.130 e. The maximum absolute atomic E-state index is 9.06. The van der Waals surface area contributed by atoms with Crippen LogP contribution in [-0.2, 0) is 6.61 Å². The summed E-state index contributed by atoms with van der Waals surface area (Å²) in [4.78, 5) is 0. The summed E-state index contributed by atoms with van der Waals surface area (Å²) in [7, 11) is 0. The molecule has 0 unspecified atom stereocenters. The molecule has 0 radical (unpaired) electrons. The molecule has 0 atom stereocenters. The predicted octanol–water partition coefficient (Wildman–Crippen LogP) is 3.15. The standard InChI is InChI=1S/C15H13NO2/c1-11-7-12(9-16)5-6-15(11)18-14-4-2-3-13(8-14)10-17/h2-8,17H,10H2,1H3. The summed E-state index contributed by atoms with van der Waals surface area (Å²) >= 11 is 0. The van der Waals surface area contributed by atoms with Crippen LogP contribution in [0.2, 0.25) is 0 Å². The molecule has 0 fully saturated rings. The average Bonchev–Trinajstić information content (AvgIpc) is 2.41. The lowest BCUT2D eigenvalue weighted by Crippen LogP contribution is -1.90. The zero-order chi connectivity index (χ0) is 13.0. The molecule has 0 saturated carbocycles. The van der Waals surface area contributed by atoms with E-state index < -0.39 is 0 Å². The molecule has 18 heavy (non-hydrogen) atoms. The molecule has 0 amide bonds. The Labute approximate surface area is 106 Å². The van der Waals surface area contributed by atoms with Crippen molar-refractivity contribution in [1.29, 1.82) is 5.26 Å². The van der Waals surface area contributed by atoms with Crippen LogP contribution in [0.15, 0.2) is 42.5 Å². The van der Waals surface area contributed by atoms with Crippen LogP contribution in [0, 0.1) is 18.3 Å². The van der Waals surface area contributed by atoms with Gasteiger partial charge in [-0.25, -0.2) is 0 Å². The topological polar surface area (TPSA) is 53.2 Å². The second kappa shape index (κ2) is 5.35. The van der Waals surface area contributed by atoms with E-state index in [-0.39, 0.29) is 6.61 Å². The maximum Gasteiger partial charge on any atom is 0.130 e. The number of aliphatic hydroxyl groups is 1. The molecule has 0 saturated heterocycles. The molecular weight excluding hydrogens is 226 g/mol. The molecule has 3 nitrogen and oxygen atoms in total. The van der Waals surface area contributed by atoms with E-state index in [0.717, 1.165) is 11.1 Å². The van der Waals surface area contributed by atoms with E-state index >= 15 is 0 Å². The Bertz CT molecular complexity index is 600. The monoisotopic (exact) mass is 239 g/mol. The Hall–Kier alpha value is -2.31. The minimum absolute atomic E-state index is 0.0104. The minimum atomic E-state index is -0.0104. The summed E-state index contributed by atoms with van der Waals surface area (Å²) in [6, 6.07) is 14.7. The normalized spacial score (nSPS) is 9.83. The fourth-order valence-electron chi connectivity index (χ4n) is 1.67. The van der Waals surface area contributed by atoms with Gasteiger partial charge in [-0.2, -0.15) is 5.26 Å². The Morgan fingerprint density at radius 2 is 2.06 bits per heavy atom. The third-order valence-electron chi connectivity index (χ3n) is 2.61. The van der Waals surface area contributed by atoms with Crippen LogP contribution >= 0.6 is 0 Å². The Kier molecular flexibility index (Phi) is 3.61. The van der Waals surface area contributed by atoms with Crippen LogP contribution in [0.3, 0.4) is 0 Å². The van der Waals surface area contributed by atoms with Gasteiger partial charge < -0.3 is 9.84 Å². The lowest BCUT2D eigenvalue weighted by molar-refractivity contribution is 0.281. The molecule has 2 rings (SSSR count). The van der Waals surface area contributed by atoms with Gasteiger partial charge in [-0.05, 0) is 48.4 Å². The first kappa shape index (κ1) is 12.2. The number of nitriles is 1. The van der Waals surface area contributed by atoms with E-state index in [9.17, 15) is 0 Å². The van der Waals surface area contributed by atoms with Gasteiger partial charge in [0.1, 0.15) is 11.5 Å². The first-order valence-corrected chi connectivity index (χ1v) is 5.61. The van der Waals surface area contributed by atoms with Crippen molar-refractivity contribution in [2.24, 2.45) is 0 Å². The van der Waals surface area contributed by atoms with Gasteiger partial charge in [0, 0.05) is 0 Å². The molecule has 1 N–H and O–H groups in total. The minimum Gasteiger partial charge on any atom is -0.457 e. The molecule has 0 aliphatic rings. The number of benzene rings is 2. The Morgan fingerprint density at radius 1 is 1.22 bits per heavy atom. The summed E-state index contributed by atoms with van der Waals surface area (Å²) in [5, 5.41) is 17.9. The van der Waals surface area contributed by atoms with Gasteiger partial charge in [0.2, 0.25) is 0 Å². The van der Waals surface area contributed by atoms with Gasteiger partial charge in [-0.15, -0.1) is 0 Å². The summed E-state index contributed by atoms with van der Waals surface area (Å²) in [5.41, 5.74) is 2.33. The van der Waals surface area contributed by atoms with Crippen molar-refractivity contribution in [3.8, 4) is 17.6 Å². The quantitative estimate of drug-likeness (QED) is 0.895. The van der Waals surface area contributed by atoms with Crippen molar-refractivity contribution < 1.29 is 9.84 Å². The Balaban J connectivity index is 2.26. The van der Waals surface area contributed by atoms with E-state index in [1.807, 2.05) is 25.1 Å². The van der Waals surface area contributed by atoms with Gasteiger partial charge in [-0.3, -0.25) is 0 Å². The van der Waals surface area contributed by atoms with Crippen LogP contribution in [0.1, 0.15) is 16.7 Å². The second-order valence-electron chi connectivity index (χ2n) is 4.00. The molecule has 0 bridgehead atoms. The second-order valence-corrected chi connectivity index (χ2v) is 4.00. The lowest BCUT2D eigenvalue weighted by atomic mass is 10.1. The molecule has 0 spiro atoms. The van der Waals surface area contributed by atoms with Crippen LogP contribution in [0.5, 0.6) is 11.5 Å². The van der Waals surface area contributed by atoms with E-state index in [1.165, 1.54) is 0 Å². The summed E-state index contributed by atoms with van der Waals surface area (Å²) in [6.07, 6.45) is 0. The molecular formula is C15H13NO2. The van der Waals surface area contributed by atoms with Gasteiger partial charge in [-0.1, -0.05) is 12.1 Å². The van der Waals surface area contributed by atoms with Crippen LogP contribution in [0.25, 0.3) is 0 Å². The maximum atomic E-state index is 9.06. The summed E-state index contributed by atoms with van der Waals surface area (Å²) in [5.74, 6) is 1.39. The zero-order valence-electron chi connectivity index (χ0n) is 10.1. The molecule has 0 aliphatic heterocycles. The van der Waals surface area contributed by atoms with Crippen molar-refractivity contribution in [3.05, 3.63) is 59.2 Å². The van der Waals surface area contributed by atoms with Crippen molar-refractivity contribution >= 4 is 0 Å². The van der Waals surface area contributed by atoms with Crippen molar-refractivity contribution in [3.63, 3.8) is 0 Å². The first-order valence-electron chi connectivity index (χ1n) is 5.61. The number of hydrogen-bond donors (Lipinski definition) is 1. The largest absolute Gasteiger partial charge is 0.457 e. The van der Waals surface area contributed by atoms with Gasteiger partial charge >= 0.3 is 0 Å². The molecule has 90 valence electrons. The number of aliphatic hydroxyl groups excluding tert-OH is 1. The summed E-state index contributed by atoms with van der Waals surface area (Å²) < 4.78 is 5.73. The van der Waals surface area contributed by atoms with E-state index in [2.05, 4.69) is 6.07 Å². The highest BCUT2D eigenvalue weighted by molar-refractivity contribution is 5.43. The molecule has 2 aromatic carbocycles. The highest BCUT2D eigenvalue weighted by Gasteiger charge is 2.03. The highest BCUT2D eigenvalue weighted by Crippen LogP contribution is 2.26. The molecule has 2 aromatic rings. The van der Waals surface area contributed by atoms with E-state index in [0.29, 0.717) is 17.1 Å². The summed E-state index contributed by atoms with van der Waals surface area (Å²) in [6.45, 7) is 1.88. The van der Waals surface area contributed by atoms with E-state index in [1.54, 1.807) is 24.3 Å². The molecule has 0 heterocycles. The predicted molar refractivity (Wildman–Crippen MR) is 68.3 cm³/mol. The van der Waals surface area contributed by atoms with Crippen molar-refractivity contribution in [2.75, 3.05) is 0 Å². The number of ether oxygens (including phenoxy) is 1. The number of nitrogens with zero attached hydrogens (tertiary/aromatic N) is 1. The van der Waals surface area contributed by atoms with Gasteiger partial charge in [0.05, 0.1) is 18.2 Å². The molecule has 0 aromatic heterocycles. The third kappa shape index (κ3) is 2.68. The number of rotatable bonds is 3. The first-order chi connectivity index (χ1) is 8.72. The zero-order valence-corrected chi connectivity index (χ0v) is 10.1. The van der Waals surface area contributed by atoms with Gasteiger partial charge in [0.25, 0.3) is 0 Å². The van der Waals surface area contributed by atoms with Gasteiger partial charge in [0.15, 0.2) is 0 Å². The third-order valence-corrected chi connectivity index (χ3v) is 2.61. The SMILES string of the molecule is Cc1cc(C#N)ccc1Oc1cccc(CO)c1. The fourth-order valence-corrected chi connectivity index (χ4v) is 1.67. The van der Waals surface area contributed by atoms with E-state index in [4.69, 9.17) is 15.1 Å². The number of aryl methyl sites for hydroxylation is 1. The van der Waals surface area contributed by atoms with Crippen LogP contribution < -0.4 is 4.74 Å². The van der Waals surface area contributed by atoms with Crippen LogP contribution in [0.4, 0.5) is 0 Å². The number of hydrogen-bond acceptors (Lipinski definition) is 3. The molecule has 3 heteroatoms. The highest BCUT2D eigenvalue weighted by atomic mass is 16.5. The van der Waals surface area contributed by atoms with Crippen LogP contribution in [-0.4, -0.2) is 5.11 Å².